The van der Waals surface area contributed by atoms with Crippen LogP contribution in [0.15, 0.2) is 217 Å². The predicted molar refractivity (Wildman–Crippen MR) is 258 cm³/mol. The maximum Gasteiger partial charge on any atom is 0.238 e. The molecule has 0 N–H and O–H groups in total. The van der Waals surface area contributed by atoms with Gasteiger partial charge in [-0.2, -0.15) is 9.97 Å². The van der Waals surface area contributed by atoms with E-state index in [1.807, 2.05) is 66.7 Å². The molecule has 13 rings (SSSR count). The lowest BCUT2D eigenvalue weighted by Crippen LogP contribution is -2.06. The number of aromatic nitrogens is 5. The largest absolute Gasteiger partial charge is 0.455 e. The zero-order valence-corrected chi connectivity index (χ0v) is 33.9. The molecule has 0 amide bonds. The summed E-state index contributed by atoms with van der Waals surface area (Å²) in [5.41, 5.74) is 13.3. The zero-order chi connectivity index (χ0) is 41.4. The van der Waals surface area contributed by atoms with Gasteiger partial charge in [0.05, 0.1) is 22.1 Å². The van der Waals surface area contributed by atoms with E-state index in [4.69, 9.17) is 19.4 Å². The molecule has 0 unspecified atom stereocenters. The second kappa shape index (κ2) is 14.0. The molecule has 4 aromatic heterocycles. The van der Waals surface area contributed by atoms with E-state index in [0.717, 1.165) is 88.1 Å². The van der Waals surface area contributed by atoms with Crippen LogP contribution < -0.4 is 0 Å². The van der Waals surface area contributed by atoms with Crippen LogP contribution in [-0.2, 0) is 0 Å². The van der Waals surface area contributed by atoms with Gasteiger partial charge in [-0.1, -0.05) is 170 Å². The van der Waals surface area contributed by atoms with Gasteiger partial charge >= 0.3 is 0 Å². The molecule has 0 bridgehead atoms. The number of fused-ring (bicyclic) bond motifs is 9. The van der Waals surface area contributed by atoms with Crippen molar-refractivity contribution in [2.75, 3.05) is 0 Å². The van der Waals surface area contributed by atoms with Gasteiger partial charge in [-0.15, -0.1) is 0 Å². The number of rotatable bonds is 6. The van der Waals surface area contributed by atoms with Gasteiger partial charge in [-0.25, -0.2) is 4.98 Å². The van der Waals surface area contributed by atoms with E-state index in [1.54, 1.807) is 0 Å². The highest BCUT2D eigenvalue weighted by atomic mass is 16.3. The van der Waals surface area contributed by atoms with Crippen molar-refractivity contribution in [2.24, 2.45) is 0 Å². The molecule has 4 heterocycles. The van der Waals surface area contributed by atoms with E-state index in [2.05, 4.69) is 155 Å². The Labute approximate surface area is 361 Å². The Bertz CT molecular complexity index is 3830. The summed E-state index contributed by atoms with van der Waals surface area (Å²) in [7, 11) is 0. The third-order valence-electron chi connectivity index (χ3n) is 12.4. The molecule has 13 aromatic rings. The maximum atomic E-state index is 6.71. The fourth-order valence-corrected chi connectivity index (χ4v) is 9.45. The van der Waals surface area contributed by atoms with Gasteiger partial charge in [0.15, 0.2) is 11.6 Å². The van der Waals surface area contributed by atoms with Crippen LogP contribution in [0, 0.1) is 0 Å². The average Bonchev–Trinajstić information content (AvgIpc) is 4.01. The van der Waals surface area contributed by atoms with E-state index in [-0.39, 0.29) is 0 Å². The summed E-state index contributed by atoms with van der Waals surface area (Å²) < 4.78 is 11.3. The molecule has 63 heavy (non-hydrogen) atoms. The topological polar surface area (TPSA) is 61.7 Å². The quantitative estimate of drug-likeness (QED) is 0.168. The van der Waals surface area contributed by atoms with Gasteiger partial charge in [-0.3, -0.25) is 4.57 Å². The van der Waals surface area contributed by atoms with Gasteiger partial charge in [-0.05, 0) is 59.2 Å². The fraction of sp³-hybridized carbons (Fsp3) is 0. The summed E-state index contributed by atoms with van der Waals surface area (Å²) in [6.45, 7) is 0. The molecule has 0 spiro atoms. The lowest BCUT2D eigenvalue weighted by atomic mass is 9.98. The normalized spacial score (nSPS) is 11.8. The molecule has 6 nitrogen and oxygen atoms in total. The minimum Gasteiger partial charge on any atom is -0.455 e. The van der Waals surface area contributed by atoms with Crippen molar-refractivity contribution in [1.82, 2.24) is 24.1 Å². The summed E-state index contributed by atoms with van der Waals surface area (Å²) >= 11 is 0. The van der Waals surface area contributed by atoms with Gasteiger partial charge in [0, 0.05) is 54.7 Å². The Morgan fingerprint density at radius 2 is 0.810 bits per heavy atom. The van der Waals surface area contributed by atoms with Crippen molar-refractivity contribution >= 4 is 65.6 Å². The number of hydrogen-bond donors (Lipinski definition) is 0. The molecule has 0 fully saturated rings. The van der Waals surface area contributed by atoms with Crippen LogP contribution >= 0.6 is 0 Å². The fourth-order valence-electron chi connectivity index (χ4n) is 9.45. The molecular weight excluding hydrogens is 771 g/mol. The molecule has 0 aliphatic heterocycles. The second-order valence-electron chi connectivity index (χ2n) is 16.0. The smallest absolute Gasteiger partial charge is 0.238 e. The molecule has 294 valence electrons. The zero-order valence-electron chi connectivity index (χ0n) is 33.9. The number of nitrogens with zero attached hydrogens (tertiary/aromatic N) is 5. The molecule has 0 aliphatic rings. The van der Waals surface area contributed by atoms with Crippen LogP contribution in [0.1, 0.15) is 0 Å². The second-order valence-corrected chi connectivity index (χ2v) is 16.0. The van der Waals surface area contributed by atoms with Crippen LogP contribution in [-0.4, -0.2) is 24.1 Å². The van der Waals surface area contributed by atoms with Crippen LogP contribution in [0.2, 0.25) is 0 Å². The SMILES string of the molecule is c1ccc(-c2ccc(-c3cc(-n4c5ccccc5c5cc6c7ccccc7n(-c7nc(-c8ccccc8)nc(-c8ccccc8)n7)c6cc54)cc4c3oc3ccccc34)cc2)cc1. The molecule has 0 saturated heterocycles. The third-order valence-corrected chi connectivity index (χ3v) is 12.4. The first-order valence-electron chi connectivity index (χ1n) is 21.2. The first kappa shape index (κ1) is 35.2. The molecule has 0 aliphatic carbocycles. The molecular formula is C57H35N5O. The van der Waals surface area contributed by atoms with Crippen molar-refractivity contribution in [3.05, 3.63) is 212 Å². The van der Waals surface area contributed by atoms with Crippen molar-refractivity contribution in [3.8, 4) is 56.7 Å². The Morgan fingerprint density at radius 3 is 1.44 bits per heavy atom. The van der Waals surface area contributed by atoms with Gasteiger partial charge in [0.25, 0.3) is 0 Å². The molecule has 0 radical (unpaired) electrons. The minimum atomic E-state index is 0.559. The van der Waals surface area contributed by atoms with Crippen LogP contribution in [0.25, 0.3) is 122 Å². The Morgan fingerprint density at radius 1 is 0.317 bits per heavy atom. The minimum absolute atomic E-state index is 0.559. The first-order valence-corrected chi connectivity index (χ1v) is 21.2. The van der Waals surface area contributed by atoms with Crippen LogP contribution in [0.3, 0.4) is 0 Å². The number of hydrogen-bond acceptors (Lipinski definition) is 4. The van der Waals surface area contributed by atoms with Crippen molar-refractivity contribution < 1.29 is 4.42 Å². The highest BCUT2D eigenvalue weighted by Gasteiger charge is 2.23. The van der Waals surface area contributed by atoms with Crippen LogP contribution in [0.5, 0.6) is 0 Å². The third kappa shape index (κ3) is 5.62. The maximum absolute atomic E-state index is 6.71. The Kier molecular flexibility index (Phi) is 7.80. The number of furan rings is 1. The Hall–Kier alpha value is -8.61. The lowest BCUT2D eigenvalue weighted by molar-refractivity contribution is 0.670. The number of para-hydroxylation sites is 3. The van der Waals surface area contributed by atoms with Crippen LogP contribution in [0.4, 0.5) is 0 Å². The van der Waals surface area contributed by atoms with Crippen molar-refractivity contribution in [3.63, 3.8) is 0 Å². The summed E-state index contributed by atoms with van der Waals surface area (Å²) in [4.78, 5) is 15.5. The highest BCUT2D eigenvalue weighted by Crippen LogP contribution is 2.43. The first-order chi connectivity index (χ1) is 31.2. The predicted octanol–water partition coefficient (Wildman–Crippen LogP) is 14.6. The van der Waals surface area contributed by atoms with E-state index in [1.165, 1.54) is 16.5 Å². The Balaban J connectivity index is 1.10. The highest BCUT2D eigenvalue weighted by molar-refractivity contribution is 6.19. The standard InChI is InChI=1S/C57H35N5O/c1-4-16-36(17-5-1)37-28-30-38(31-29-37)45-32-41(33-48-44-24-12-15-27-53(44)63-54(45)48)61-49-25-13-10-22-42(49)46-34-47-43-23-11-14-26-50(43)62(52(47)35-51(46)61)57-59-55(39-18-6-2-7-19-39)58-56(60-57)40-20-8-3-9-21-40/h1-35H. The lowest BCUT2D eigenvalue weighted by Gasteiger charge is -2.13. The molecule has 0 atom stereocenters. The van der Waals surface area contributed by atoms with Crippen molar-refractivity contribution in [2.45, 2.75) is 0 Å². The molecule has 6 heteroatoms. The van der Waals surface area contributed by atoms with E-state index >= 15 is 0 Å². The molecule has 0 saturated carbocycles. The van der Waals surface area contributed by atoms with E-state index in [0.29, 0.717) is 17.6 Å². The van der Waals surface area contributed by atoms with Gasteiger partial charge in [0.1, 0.15) is 11.2 Å². The summed E-state index contributed by atoms with van der Waals surface area (Å²) in [5, 5.41) is 6.74. The van der Waals surface area contributed by atoms with Gasteiger partial charge < -0.3 is 8.98 Å². The van der Waals surface area contributed by atoms with E-state index in [9.17, 15) is 0 Å². The number of benzene rings is 9. The van der Waals surface area contributed by atoms with E-state index < -0.39 is 0 Å². The summed E-state index contributed by atoms with van der Waals surface area (Å²) in [6, 6.07) is 74.5. The van der Waals surface area contributed by atoms with Crippen molar-refractivity contribution in [1.29, 1.82) is 0 Å². The molecule has 9 aromatic carbocycles. The summed E-state index contributed by atoms with van der Waals surface area (Å²) in [5.74, 6) is 1.79. The van der Waals surface area contributed by atoms with Gasteiger partial charge in [0.2, 0.25) is 5.95 Å². The average molecular weight is 806 g/mol. The monoisotopic (exact) mass is 805 g/mol. The summed E-state index contributed by atoms with van der Waals surface area (Å²) in [6.07, 6.45) is 0.